The van der Waals surface area contributed by atoms with E-state index in [9.17, 15) is 0 Å². The van der Waals surface area contributed by atoms with Crippen LogP contribution in [0.25, 0.3) is 0 Å². The van der Waals surface area contributed by atoms with Gasteiger partial charge in [0.15, 0.2) is 0 Å². The first kappa shape index (κ1) is 15.2. The average Bonchev–Trinajstić information content (AvgIpc) is 3.26. The molecule has 1 saturated carbocycles. The largest absolute Gasteiger partial charge is 0.369 e. The molecule has 0 unspecified atom stereocenters. The molecule has 0 aliphatic heterocycles. The Balaban J connectivity index is 2.23. The van der Waals surface area contributed by atoms with Gasteiger partial charge in [-0.2, -0.15) is 0 Å². The van der Waals surface area contributed by atoms with Gasteiger partial charge in [0, 0.05) is 25.6 Å². The molecule has 1 aromatic rings. The molecule has 4 nitrogen and oxygen atoms in total. The molecule has 0 radical (unpaired) electrons. The minimum atomic E-state index is 0.378. The zero-order valence-corrected chi connectivity index (χ0v) is 13.3. The van der Waals surface area contributed by atoms with Crippen molar-refractivity contribution in [2.24, 2.45) is 5.92 Å². The zero-order chi connectivity index (χ0) is 14.5. The fourth-order valence-electron chi connectivity index (χ4n) is 2.35. The molecule has 0 aromatic carbocycles. The van der Waals surface area contributed by atoms with Gasteiger partial charge < -0.3 is 10.2 Å². The third kappa shape index (κ3) is 3.92. The van der Waals surface area contributed by atoms with Crippen LogP contribution in [0.5, 0.6) is 0 Å². The molecule has 1 aromatic heterocycles. The first-order valence-electron chi connectivity index (χ1n) is 7.97. The fourth-order valence-corrected chi connectivity index (χ4v) is 2.35. The molecule has 0 atom stereocenters. The Hall–Kier alpha value is -1.16. The molecule has 1 heterocycles. The number of rotatable bonds is 8. The van der Waals surface area contributed by atoms with E-state index in [2.05, 4.69) is 42.9 Å². The molecule has 0 bridgehead atoms. The first-order chi connectivity index (χ1) is 9.65. The summed E-state index contributed by atoms with van der Waals surface area (Å²) in [6.07, 6.45) is 4.79. The van der Waals surface area contributed by atoms with E-state index >= 15 is 0 Å². The Labute approximate surface area is 123 Å². The molecule has 2 rings (SSSR count). The Morgan fingerprint density at radius 2 is 2.10 bits per heavy atom. The Bertz CT molecular complexity index is 426. The number of nitrogens with one attached hydrogen (secondary N) is 1. The van der Waals surface area contributed by atoms with Crippen LogP contribution in [0.2, 0.25) is 0 Å². The van der Waals surface area contributed by atoms with Gasteiger partial charge in [-0.1, -0.05) is 20.8 Å². The normalized spacial score (nSPS) is 14.8. The van der Waals surface area contributed by atoms with E-state index in [1.807, 2.05) is 6.20 Å². The van der Waals surface area contributed by atoms with Crippen molar-refractivity contribution < 1.29 is 0 Å². The minimum absolute atomic E-state index is 0.378. The lowest BCUT2D eigenvalue weighted by atomic mass is 10.2. The fraction of sp³-hybridized carbons (Fsp3) is 0.750. The molecular weight excluding hydrogens is 248 g/mol. The van der Waals surface area contributed by atoms with Crippen LogP contribution in [-0.4, -0.2) is 29.6 Å². The van der Waals surface area contributed by atoms with Gasteiger partial charge in [-0.15, -0.1) is 0 Å². The SMILES string of the molecule is CCNCc1nc(C(C)C)ncc1N(CC)CC1CC1. The van der Waals surface area contributed by atoms with Crippen LogP contribution in [-0.2, 0) is 6.54 Å². The number of hydrogen-bond donors (Lipinski definition) is 1. The predicted molar refractivity (Wildman–Crippen MR) is 84.1 cm³/mol. The van der Waals surface area contributed by atoms with Gasteiger partial charge in [0.2, 0.25) is 0 Å². The molecular formula is C16H28N4. The van der Waals surface area contributed by atoms with Gasteiger partial charge in [0.05, 0.1) is 17.6 Å². The third-order valence-electron chi connectivity index (χ3n) is 3.82. The summed E-state index contributed by atoms with van der Waals surface area (Å²) in [4.78, 5) is 11.8. The predicted octanol–water partition coefficient (Wildman–Crippen LogP) is 2.95. The molecule has 1 aliphatic carbocycles. The van der Waals surface area contributed by atoms with Crippen LogP contribution < -0.4 is 10.2 Å². The molecule has 0 saturated heterocycles. The second-order valence-corrected chi connectivity index (χ2v) is 5.98. The minimum Gasteiger partial charge on any atom is -0.369 e. The second-order valence-electron chi connectivity index (χ2n) is 5.98. The smallest absolute Gasteiger partial charge is 0.131 e. The molecule has 20 heavy (non-hydrogen) atoms. The van der Waals surface area contributed by atoms with Gasteiger partial charge >= 0.3 is 0 Å². The molecule has 4 heteroatoms. The number of aromatic nitrogens is 2. The highest BCUT2D eigenvalue weighted by Gasteiger charge is 2.25. The molecule has 1 fully saturated rings. The maximum absolute atomic E-state index is 4.79. The summed E-state index contributed by atoms with van der Waals surface area (Å²) < 4.78 is 0. The maximum atomic E-state index is 4.79. The van der Waals surface area contributed by atoms with Crippen molar-refractivity contribution in [3.63, 3.8) is 0 Å². The molecule has 0 amide bonds. The van der Waals surface area contributed by atoms with Crippen molar-refractivity contribution in [2.45, 2.75) is 53.0 Å². The highest BCUT2D eigenvalue weighted by molar-refractivity contribution is 5.49. The Kier molecular flexibility index (Phi) is 5.35. The highest BCUT2D eigenvalue weighted by atomic mass is 15.2. The lowest BCUT2D eigenvalue weighted by molar-refractivity contribution is 0.670. The summed E-state index contributed by atoms with van der Waals surface area (Å²) in [5.74, 6) is 2.21. The maximum Gasteiger partial charge on any atom is 0.131 e. The summed E-state index contributed by atoms with van der Waals surface area (Å²) in [5, 5.41) is 3.40. The van der Waals surface area contributed by atoms with Crippen molar-refractivity contribution in [1.82, 2.24) is 15.3 Å². The molecule has 1 N–H and O–H groups in total. The molecule has 112 valence electrons. The topological polar surface area (TPSA) is 41.1 Å². The van der Waals surface area contributed by atoms with E-state index in [1.165, 1.54) is 18.5 Å². The summed E-state index contributed by atoms with van der Waals surface area (Å²) in [5.41, 5.74) is 2.36. The highest BCUT2D eigenvalue weighted by Crippen LogP contribution is 2.32. The van der Waals surface area contributed by atoms with E-state index in [4.69, 9.17) is 4.98 Å². The Morgan fingerprint density at radius 3 is 2.65 bits per heavy atom. The van der Waals surface area contributed by atoms with E-state index in [1.54, 1.807) is 0 Å². The summed E-state index contributed by atoms with van der Waals surface area (Å²) >= 11 is 0. The van der Waals surface area contributed by atoms with Crippen molar-refractivity contribution >= 4 is 5.69 Å². The van der Waals surface area contributed by atoms with Crippen LogP contribution >= 0.6 is 0 Å². The summed E-state index contributed by atoms with van der Waals surface area (Å²) in [6.45, 7) is 12.6. The van der Waals surface area contributed by atoms with Gasteiger partial charge in [-0.3, -0.25) is 0 Å². The van der Waals surface area contributed by atoms with Crippen LogP contribution in [0.4, 0.5) is 5.69 Å². The third-order valence-corrected chi connectivity index (χ3v) is 3.82. The lowest BCUT2D eigenvalue weighted by Crippen LogP contribution is -2.28. The number of anilines is 1. The average molecular weight is 276 g/mol. The van der Waals surface area contributed by atoms with Gasteiger partial charge in [-0.05, 0) is 32.2 Å². The quantitative estimate of drug-likeness (QED) is 0.792. The standard InChI is InChI=1S/C16H28N4/c1-5-17-9-14-15(10-18-16(19-14)12(3)4)20(6-2)11-13-7-8-13/h10,12-13,17H,5-9,11H2,1-4H3. The summed E-state index contributed by atoms with van der Waals surface area (Å²) in [7, 11) is 0. The zero-order valence-electron chi connectivity index (χ0n) is 13.3. The van der Waals surface area contributed by atoms with Crippen LogP contribution in [0.15, 0.2) is 6.20 Å². The Morgan fingerprint density at radius 1 is 1.35 bits per heavy atom. The van der Waals surface area contributed by atoms with Gasteiger partial charge in [0.1, 0.15) is 5.82 Å². The van der Waals surface area contributed by atoms with Gasteiger partial charge in [-0.25, -0.2) is 9.97 Å². The van der Waals surface area contributed by atoms with Gasteiger partial charge in [0.25, 0.3) is 0 Å². The number of nitrogens with zero attached hydrogens (tertiary/aromatic N) is 3. The van der Waals surface area contributed by atoms with Crippen molar-refractivity contribution in [1.29, 1.82) is 0 Å². The molecule has 0 spiro atoms. The van der Waals surface area contributed by atoms with E-state index < -0.39 is 0 Å². The van der Waals surface area contributed by atoms with E-state index in [0.717, 1.165) is 43.6 Å². The second kappa shape index (κ2) is 7.02. The van der Waals surface area contributed by atoms with Crippen LogP contribution in [0.1, 0.15) is 58.0 Å². The van der Waals surface area contributed by atoms with E-state index in [-0.39, 0.29) is 0 Å². The number of hydrogen-bond acceptors (Lipinski definition) is 4. The van der Waals surface area contributed by atoms with Crippen molar-refractivity contribution in [3.05, 3.63) is 17.7 Å². The van der Waals surface area contributed by atoms with Crippen molar-refractivity contribution in [2.75, 3.05) is 24.5 Å². The molecule has 1 aliphatic rings. The van der Waals surface area contributed by atoms with Crippen LogP contribution in [0, 0.1) is 5.92 Å². The first-order valence-corrected chi connectivity index (χ1v) is 7.97. The summed E-state index contributed by atoms with van der Waals surface area (Å²) in [6, 6.07) is 0. The monoisotopic (exact) mass is 276 g/mol. The van der Waals surface area contributed by atoms with Crippen molar-refractivity contribution in [3.8, 4) is 0 Å². The van der Waals surface area contributed by atoms with E-state index in [0.29, 0.717) is 5.92 Å². The lowest BCUT2D eigenvalue weighted by Gasteiger charge is -2.25. The van der Waals surface area contributed by atoms with Crippen LogP contribution in [0.3, 0.4) is 0 Å².